The lowest BCUT2D eigenvalue weighted by Crippen LogP contribution is -2.24. The molecule has 0 spiro atoms. The molecule has 0 saturated carbocycles. The number of rotatable bonds is 5. The third-order valence-corrected chi connectivity index (χ3v) is 3.65. The van der Waals surface area contributed by atoms with Crippen molar-refractivity contribution in [2.75, 3.05) is 6.54 Å². The number of ether oxygens (including phenoxy) is 1. The highest BCUT2D eigenvalue weighted by Gasteiger charge is 2.04. The highest BCUT2D eigenvalue weighted by atomic mass is 16.5. The van der Waals surface area contributed by atoms with Crippen molar-refractivity contribution in [2.24, 2.45) is 0 Å². The summed E-state index contributed by atoms with van der Waals surface area (Å²) in [6.07, 6.45) is 4.05. The van der Waals surface area contributed by atoms with Gasteiger partial charge in [0.15, 0.2) is 6.29 Å². The second-order valence-corrected chi connectivity index (χ2v) is 5.52. The summed E-state index contributed by atoms with van der Waals surface area (Å²) in [5.41, 5.74) is 2.86. The molecule has 0 fully saturated rings. The summed E-state index contributed by atoms with van der Waals surface area (Å²) in [6.45, 7) is 0.625. The number of pyridine rings is 1. The van der Waals surface area contributed by atoms with Crippen molar-refractivity contribution in [1.82, 2.24) is 15.3 Å². The van der Waals surface area contributed by atoms with Gasteiger partial charge < -0.3 is 15.0 Å². The summed E-state index contributed by atoms with van der Waals surface area (Å²) in [7, 11) is 0. The van der Waals surface area contributed by atoms with E-state index in [1.807, 2.05) is 36.4 Å². The van der Waals surface area contributed by atoms with Crippen LogP contribution in [0, 0.1) is 11.8 Å². The highest BCUT2D eigenvalue weighted by molar-refractivity contribution is 5.96. The van der Waals surface area contributed by atoms with Crippen molar-refractivity contribution in [3.05, 3.63) is 65.5 Å². The minimum atomic E-state index is -0.471. The number of carbonyl (C=O) groups is 2. The van der Waals surface area contributed by atoms with Gasteiger partial charge in [-0.25, -0.2) is 9.78 Å². The summed E-state index contributed by atoms with van der Waals surface area (Å²) >= 11 is 0. The molecule has 0 atom stereocenters. The van der Waals surface area contributed by atoms with Crippen LogP contribution < -0.4 is 5.32 Å². The number of H-pyrrole nitrogens is 1. The Labute approximate surface area is 150 Å². The predicted octanol–water partition coefficient (Wildman–Crippen LogP) is 3.04. The van der Waals surface area contributed by atoms with Gasteiger partial charge in [-0.1, -0.05) is 42.2 Å². The molecule has 0 unspecified atom stereocenters. The van der Waals surface area contributed by atoms with Crippen molar-refractivity contribution in [1.29, 1.82) is 0 Å². The molecule has 0 saturated heterocycles. The third kappa shape index (κ3) is 4.48. The molecule has 1 amide bonds. The Hall–Kier alpha value is -3.59. The lowest BCUT2D eigenvalue weighted by atomic mass is 10.2. The lowest BCUT2D eigenvalue weighted by molar-refractivity contribution is 0.112. The number of amides is 1. The van der Waals surface area contributed by atoms with E-state index in [0.717, 1.165) is 17.2 Å². The Balaban J connectivity index is 1.45. The van der Waals surface area contributed by atoms with Crippen LogP contribution in [0.25, 0.3) is 11.0 Å². The monoisotopic (exact) mass is 347 g/mol. The van der Waals surface area contributed by atoms with Gasteiger partial charge in [-0.05, 0) is 11.6 Å². The zero-order valence-electron chi connectivity index (χ0n) is 14.0. The van der Waals surface area contributed by atoms with Gasteiger partial charge in [-0.2, -0.15) is 0 Å². The number of aldehydes is 1. The molecule has 26 heavy (non-hydrogen) atoms. The van der Waals surface area contributed by atoms with Crippen LogP contribution in [0.2, 0.25) is 0 Å². The summed E-state index contributed by atoms with van der Waals surface area (Å²) in [5, 5.41) is 3.40. The van der Waals surface area contributed by atoms with Gasteiger partial charge in [-0.15, -0.1) is 0 Å². The molecule has 0 aliphatic heterocycles. The number of nitrogens with one attached hydrogen (secondary N) is 2. The Kier molecular flexibility index (Phi) is 5.63. The van der Waals surface area contributed by atoms with Crippen LogP contribution in [0.5, 0.6) is 0 Å². The van der Waals surface area contributed by atoms with Crippen LogP contribution in [0.4, 0.5) is 4.79 Å². The fourth-order valence-corrected chi connectivity index (χ4v) is 2.36. The molecular formula is C20H17N3O3. The smallest absolute Gasteiger partial charge is 0.407 e. The van der Waals surface area contributed by atoms with E-state index in [2.05, 4.69) is 27.1 Å². The number of alkyl carbamates (subject to hydrolysis) is 1. The average Bonchev–Trinajstić information content (AvgIpc) is 3.09. The first-order valence-electron chi connectivity index (χ1n) is 8.12. The third-order valence-electron chi connectivity index (χ3n) is 3.65. The summed E-state index contributed by atoms with van der Waals surface area (Å²) in [4.78, 5) is 29.7. The van der Waals surface area contributed by atoms with Crippen LogP contribution in [-0.2, 0) is 11.3 Å². The molecule has 0 bridgehead atoms. The zero-order chi connectivity index (χ0) is 18.2. The number of benzene rings is 1. The van der Waals surface area contributed by atoms with Crippen molar-refractivity contribution in [2.45, 2.75) is 13.0 Å². The zero-order valence-corrected chi connectivity index (χ0v) is 14.0. The van der Waals surface area contributed by atoms with E-state index >= 15 is 0 Å². The first kappa shape index (κ1) is 17.2. The van der Waals surface area contributed by atoms with Crippen LogP contribution in [0.3, 0.4) is 0 Å². The molecule has 6 nitrogen and oxygen atoms in total. The number of aromatic nitrogens is 2. The Morgan fingerprint density at radius 1 is 1.31 bits per heavy atom. The van der Waals surface area contributed by atoms with Gasteiger partial charge >= 0.3 is 6.09 Å². The minimum Gasteiger partial charge on any atom is -0.445 e. The first-order chi connectivity index (χ1) is 12.8. The van der Waals surface area contributed by atoms with E-state index in [-0.39, 0.29) is 6.61 Å². The highest BCUT2D eigenvalue weighted by Crippen LogP contribution is 2.15. The van der Waals surface area contributed by atoms with Gasteiger partial charge in [0.2, 0.25) is 0 Å². The molecule has 0 radical (unpaired) electrons. The molecule has 0 aliphatic rings. The van der Waals surface area contributed by atoms with Gasteiger partial charge in [0, 0.05) is 41.9 Å². The fraction of sp³-hybridized carbons (Fsp3) is 0.150. The number of carbonyl (C=O) groups excluding carboxylic acids is 2. The van der Waals surface area contributed by atoms with Gasteiger partial charge in [-0.3, -0.25) is 4.79 Å². The van der Waals surface area contributed by atoms with E-state index in [4.69, 9.17) is 4.74 Å². The Morgan fingerprint density at radius 2 is 2.15 bits per heavy atom. The molecule has 130 valence electrons. The van der Waals surface area contributed by atoms with Gasteiger partial charge in [0.25, 0.3) is 0 Å². The van der Waals surface area contributed by atoms with Crippen molar-refractivity contribution in [3.8, 4) is 11.8 Å². The molecule has 0 aliphatic carbocycles. The van der Waals surface area contributed by atoms with E-state index in [0.29, 0.717) is 29.7 Å². The van der Waals surface area contributed by atoms with Crippen molar-refractivity contribution >= 4 is 23.4 Å². The second kappa shape index (κ2) is 8.49. The summed E-state index contributed by atoms with van der Waals surface area (Å²) in [5.74, 6) is 5.94. The van der Waals surface area contributed by atoms with Gasteiger partial charge in [0.05, 0.1) is 0 Å². The summed E-state index contributed by atoms with van der Waals surface area (Å²) in [6, 6.07) is 11.3. The van der Waals surface area contributed by atoms with Crippen LogP contribution in [0.15, 0.2) is 48.8 Å². The summed E-state index contributed by atoms with van der Waals surface area (Å²) < 4.78 is 5.11. The maximum atomic E-state index is 11.6. The van der Waals surface area contributed by atoms with E-state index in [9.17, 15) is 9.59 Å². The Morgan fingerprint density at radius 3 is 2.96 bits per heavy atom. The number of hydrogen-bond acceptors (Lipinski definition) is 4. The number of hydrogen-bond donors (Lipinski definition) is 2. The fourth-order valence-electron chi connectivity index (χ4n) is 2.36. The average molecular weight is 347 g/mol. The van der Waals surface area contributed by atoms with E-state index in [1.165, 1.54) is 0 Å². The Bertz CT molecular complexity index is 968. The van der Waals surface area contributed by atoms with Crippen molar-refractivity contribution < 1.29 is 14.3 Å². The molecule has 2 N–H and O–H groups in total. The molecule has 6 heteroatoms. The number of fused-ring (bicyclic) bond motifs is 1. The number of nitrogens with zero attached hydrogens (tertiary/aromatic N) is 1. The van der Waals surface area contributed by atoms with Crippen LogP contribution in [0.1, 0.15) is 27.9 Å². The molecule has 2 heterocycles. The molecule has 2 aromatic heterocycles. The topological polar surface area (TPSA) is 84.1 Å². The molecule has 3 aromatic rings. The van der Waals surface area contributed by atoms with E-state index in [1.54, 1.807) is 12.4 Å². The normalized spacial score (nSPS) is 10.0. The lowest BCUT2D eigenvalue weighted by Gasteiger charge is -2.05. The molecular weight excluding hydrogens is 330 g/mol. The SMILES string of the molecule is O=Cc1c[nH]c2ncc(C#CCCNC(=O)OCc3ccccc3)cc12. The molecule has 1 aromatic carbocycles. The van der Waals surface area contributed by atoms with Gasteiger partial charge in [0.1, 0.15) is 12.3 Å². The quantitative estimate of drug-likeness (QED) is 0.422. The number of aromatic amines is 1. The van der Waals surface area contributed by atoms with E-state index < -0.39 is 6.09 Å². The molecule has 3 rings (SSSR count). The maximum absolute atomic E-state index is 11.6. The maximum Gasteiger partial charge on any atom is 0.407 e. The van der Waals surface area contributed by atoms with Crippen LogP contribution >= 0.6 is 0 Å². The predicted molar refractivity (Wildman–Crippen MR) is 97.6 cm³/mol. The second-order valence-electron chi connectivity index (χ2n) is 5.52. The van der Waals surface area contributed by atoms with Crippen molar-refractivity contribution in [3.63, 3.8) is 0 Å². The van der Waals surface area contributed by atoms with Crippen LogP contribution in [-0.4, -0.2) is 28.9 Å². The minimum absolute atomic E-state index is 0.236. The largest absolute Gasteiger partial charge is 0.445 e. The standard InChI is InChI=1S/C20H17N3O3/c24-13-17-12-23-19-18(17)10-16(11-22-19)8-4-5-9-21-20(25)26-14-15-6-2-1-3-7-15/h1-3,6-7,10-13H,5,9,14H2,(H,21,25)(H,22,23). The first-order valence-corrected chi connectivity index (χ1v) is 8.12.